The van der Waals surface area contributed by atoms with Crippen LogP contribution in [0.3, 0.4) is 0 Å². The Hall–Kier alpha value is -2.40. The first-order valence-electron chi connectivity index (χ1n) is 7.32. The SMILES string of the molecule is O=C(CCc1ccccc1F)NCc1cc(-c2ccoc2)cs1. The predicted octanol–water partition coefficient (Wildman–Crippen LogP) is 4.40. The van der Waals surface area contributed by atoms with Crippen molar-refractivity contribution in [2.45, 2.75) is 19.4 Å². The van der Waals surface area contributed by atoms with Gasteiger partial charge in [0, 0.05) is 16.9 Å². The second kappa shape index (κ2) is 7.24. The number of rotatable bonds is 6. The van der Waals surface area contributed by atoms with Gasteiger partial charge in [-0.3, -0.25) is 4.79 Å². The summed E-state index contributed by atoms with van der Waals surface area (Å²) in [6.45, 7) is 0.485. The number of carbonyl (C=O) groups excluding carboxylic acids is 1. The standard InChI is InChI=1S/C18H16FNO2S/c19-17-4-2-1-3-13(17)5-6-18(21)20-10-16-9-15(12-23-16)14-7-8-22-11-14/h1-4,7-9,11-12H,5-6,10H2,(H,20,21). The third kappa shape index (κ3) is 4.07. The quantitative estimate of drug-likeness (QED) is 0.728. The molecule has 0 radical (unpaired) electrons. The number of hydrogen-bond acceptors (Lipinski definition) is 3. The highest BCUT2D eigenvalue weighted by atomic mass is 32.1. The lowest BCUT2D eigenvalue weighted by Crippen LogP contribution is -2.22. The molecule has 1 N–H and O–H groups in total. The molecule has 118 valence electrons. The Morgan fingerprint density at radius 3 is 2.87 bits per heavy atom. The van der Waals surface area contributed by atoms with Gasteiger partial charge in [-0.05, 0) is 41.1 Å². The maximum absolute atomic E-state index is 13.5. The molecule has 2 heterocycles. The Labute approximate surface area is 137 Å². The number of furan rings is 1. The molecular weight excluding hydrogens is 313 g/mol. The smallest absolute Gasteiger partial charge is 0.220 e. The van der Waals surface area contributed by atoms with E-state index in [1.165, 1.54) is 6.07 Å². The van der Waals surface area contributed by atoms with Crippen molar-refractivity contribution in [1.29, 1.82) is 0 Å². The van der Waals surface area contributed by atoms with Crippen LogP contribution in [0.25, 0.3) is 11.1 Å². The van der Waals surface area contributed by atoms with Crippen molar-refractivity contribution in [3.05, 3.63) is 70.6 Å². The van der Waals surface area contributed by atoms with Crippen LogP contribution in [0.4, 0.5) is 4.39 Å². The minimum absolute atomic E-state index is 0.0773. The lowest BCUT2D eigenvalue weighted by molar-refractivity contribution is -0.121. The molecule has 0 saturated carbocycles. The Morgan fingerprint density at radius 2 is 2.09 bits per heavy atom. The molecule has 23 heavy (non-hydrogen) atoms. The Bertz CT molecular complexity index is 780. The number of aryl methyl sites for hydroxylation is 1. The average Bonchev–Trinajstić information content (AvgIpc) is 3.23. The monoisotopic (exact) mass is 329 g/mol. The van der Waals surface area contributed by atoms with Crippen molar-refractivity contribution in [3.8, 4) is 11.1 Å². The number of halogens is 1. The van der Waals surface area contributed by atoms with E-state index < -0.39 is 0 Å². The third-order valence-corrected chi connectivity index (χ3v) is 4.48. The van der Waals surface area contributed by atoms with Crippen LogP contribution in [0.2, 0.25) is 0 Å². The zero-order valence-corrected chi connectivity index (χ0v) is 13.2. The number of hydrogen-bond donors (Lipinski definition) is 1. The van der Waals surface area contributed by atoms with Crippen molar-refractivity contribution >= 4 is 17.2 Å². The molecule has 0 fully saturated rings. The highest BCUT2D eigenvalue weighted by Gasteiger charge is 2.07. The number of carbonyl (C=O) groups is 1. The second-order valence-corrected chi connectivity index (χ2v) is 6.18. The molecule has 0 aliphatic heterocycles. The maximum Gasteiger partial charge on any atom is 0.220 e. The van der Waals surface area contributed by atoms with Gasteiger partial charge in [0.1, 0.15) is 5.82 Å². The molecule has 1 aromatic carbocycles. The minimum Gasteiger partial charge on any atom is -0.472 e. The third-order valence-electron chi connectivity index (χ3n) is 3.55. The van der Waals surface area contributed by atoms with Gasteiger partial charge in [0.25, 0.3) is 0 Å². The Balaban J connectivity index is 1.49. The predicted molar refractivity (Wildman–Crippen MR) is 88.6 cm³/mol. The number of thiophene rings is 1. The first-order valence-corrected chi connectivity index (χ1v) is 8.20. The summed E-state index contributed by atoms with van der Waals surface area (Å²) in [4.78, 5) is 13.0. The van der Waals surface area contributed by atoms with E-state index in [2.05, 4.69) is 5.32 Å². The summed E-state index contributed by atoms with van der Waals surface area (Å²) < 4.78 is 18.6. The van der Waals surface area contributed by atoms with Crippen LogP contribution in [0.15, 0.2) is 58.7 Å². The fraction of sp³-hybridized carbons (Fsp3) is 0.167. The van der Waals surface area contributed by atoms with Gasteiger partial charge in [-0.1, -0.05) is 18.2 Å². The summed E-state index contributed by atoms with van der Waals surface area (Å²) >= 11 is 1.59. The fourth-order valence-electron chi connectivity index (χ4n) is 2.28. The molecule has 5 heteroatoms. The van der Waals surface area contributed by atoms with Crippen molar-refractivity contribution in [1.82, 2.24) is 5.32 Å². The molecule has 0 aliphatic carbocycles. The zero-order chi connectivity index (χ0) is 16.1. The Kier molecular flexibility index (Phi) is 4.88. The zero-order valence-electron chi connectivity index (χ0n) is 12.4. The summed E-state index contributed by atoms with van der Waals surface area (Å²) in [6, 6.07) is 10.5. The lowest BCUT2D eigenvalue weighted by atomic mass is 10.1. The van der Waals surface area contributed by atoms with Gasteiger partial charge in [0.15, 0.2) is 0 Å². The molecule has 0 unspecified atom stereocenters. The highest BCUT2D eigenvalue weighted by molar-refractivity contribution is 7.10. The summed E-state index contributed by atoms with van der Waals surface area (Å²) in [6.07, 6.45) is 4.01. The summed E-state index contributed by atoms with van der Waals surface area (Å²) in [5, 5.41) is 4.91. The van der Waals surface area contributed by atoms with Gasteiger partial charge in [0.2, 0.25) is 5.91 Å². The van der Waals surface area contributed by atoms with Gasteiger partial charge in [-0.15, -0.1) is 11.3 Å². The van der Waals surface area contributed by atoms with E-state index in [-0.39, 0.29) is 18.1 Å². The molecule has 0 atom stereocenters. The average molecular weight is 329 g/mol. The van der Waals surface area contributed by atoms with E-state index in [9.17, 15) is 9.18 Å². The molecule has 0 bridgehead atoms. The van der Waals surface area contributed by atoms with Crippen LogP contribution >= 0.6 is 11.3 Å². The number of nitrogens with one attached hydrogen (secondary N) is 1. The van der Waals surface area contributed by atoms with Gasteiger partial charge >= 0.3 is 0 Å². The molecular formula is C18H16FNO2S. The molecule has 0 aliphatic rings. The molecule has 2 aromatic heterocycles. The van der Waals surface area contributed by atoms with Crippen LogP contribution < -0.4 is 5.32 Å². The van der Waals surface area contributed by atoms with E-state index in [0.717, 1.165) is 16.0 Å². The van der Waals surface area contributed by atoms with Crippen molar-refractivity contribution < 1.29 is 13.6 Å². The van der Waals surface area contributed by atoms with Crippen LogP contribution in [0.1, 0.15) is 16.9 Å². The molecule has 0 saturated heterocycles. The largest absolute Gasteiger partial charge is 0.472 e. The fourth-order valence-corrected chi connectivity index (χ4v) is 3.11. The second-order valence-electron chi connectivity index (χ2n) is 5.18. The molecule has 3 nitrogen and oxygen atoms in total. The summed E-state index contributed by atoms with van der Waals surface area (Å²) in [7, 11) is 0. The summed E-state index contributed by atoms with van der Waals surface area (Å²) in [5.41, 5.74) is 2.68. The topological polar surface area (TPSA) is 42.2 Å². The van der Waals surface area contributed by atoms with Gasteiger partial charge < -0.3 is 9.73 Å². The maximum atomic E-state index is 13.5. The molecule has 1 amide bonds. The van der Waals surface area contributed by atoms with Crippen LogP contribution in [-0.2, 0) is 17.8 Å². The lowest BCUT2D eigenvalue weighted by Gasteiger charge is -2.04. The van der Waals surface area contributed by atoms with Crippen LogP contribution in [0, 0.1) is 5.82 Å². The number of amides is 1. The minimum atomic E-state index is -0.261. The van der Waals surface area contributed by atoms with E-state index >= 15 is 0 Å². The molecule has 3 rings (SSSR count). The van der Waals surface area contributed by atoms with Crippen molar-refractivity contribution in [3.63, 3.8) is 0 Å². The number of benzene rings is 1. The van der Waals surface area contributed by atoms with E-state index in [4.69, 9.17) is 4.42 Å². The van der Waals surface area contributed by atoms with Crippen LogP contribution in [-0.4, -0.2) is 5.91 Å². The van der Waals surface area contributed by atoms with Crippen molar-refractivity contribution in [2.24, 2.45) is 0 Å². The normalized spacial score (nSPS) is 10.7. The van der Waals surface area contributed by atoms with E-state index in [0.29, 0.717) is 18.5 Å². The van der Waals surface area contributed by atoms with Gasteiger partial charge in [0.05, 0.1) is 19.1 Å². The molecule has 3 aromatic rings. The van der Waals surface area contributed by atoms with E-state index in [1.54, 1.807) is 42.1 Å². The first kappa shape index (κ1) is 15.5. The first-order chi connectivity index (χ1) is 11.2. The van der Waals surface area contributed by atoms with E-state index in [1.807, 2.05) is 17.5 Å². The highest BCUT2D eigenvalue weighted by Crippen LogP contribution is 2.25. The van der Waals surface area contributed by atoms with Crippen molar-refractivity contribution in [2.75, 3.05) is 0 Å². The van der Waals surface area contributed by atoms with Crippen LogP contribution in [0.5, 0.6) is 0 Å². The van der Waals surface area contributed by atoms with Gasteiger partial charge in [-0.2, -0.15) is 0 Å². The Morgan fingerprint density at radius 1 is 1.22 bits per heavy atom. The molecule has 0 spiro atoms. The summed E-state index contributed by atoms with van der Waals surface area (Å²) in [5.74, 6) is -0.338. The van der Waals surface area contributed by atoms with Gasteiger partial charge in [-0.25, -0.2) is 4.39 Å².